The highest BCUT2D eigenvalue weighted by Gasteiger charge is 2.16. The Morgan fingerprint density at radius 2 is 1.97 bits per heavy atom. The fraction of sp³-hybridized carbons (Fsp3) is 0.300. The molecule has 0 spiro atoms. The van der Waals surface area contributed by atoms with Gasteiger partial charge in [0, 0.05) is 36.0 Å². The highest BCUT2D eigenvalue weighted by molar-refractivity contribution is 7.99. The molecule has 1 N–H and O–H groups in total. The van der Waals surface area contributed by atoms with E-state index in [1.54, 1.807) is 0 Å². The summed E-state index contributed by atoms with van der Waals surface area (Å²) in [5.41, 5.74) is 6.13. The zero-order chi connectivity index (χ0) is 20.6. The van der Waals surface area contributed by atoms with Crippen LogP contribution in [0.1, 0.15) is 29.1 Å². The first-order chi connectivity index (χ1) is 13.8. The second kappa shape index (κ2) is 7.81. The van der Waals surface area contributed by atoms with Crippen molar-refractivity contribution in [3.63, 3.8) is 0 Å². The van der Waals surface area contributed by atoms with Crippen LogP contribution in [0.15, 0.2) is 47.8 Å². The fourth-order valence-electron chi connectivity index (χ4n) is 3.44. The third-order valence-corrected chi connectivity index (χ3v) is 6.66. The third kappa shape index (κ3) is 4.31. The molecule has 0 aliphatic carbocycles. The van der Waals surface area contributed by atoms with Gasteiger partial charge in [-0.2, -0.15) is 8.42 Å². The highest BCUT2D eigenvalue weighted by Crippen LogP contribution is 2.27. The molecule has 0 radical (unpaired) electrons. The molecule has 29 heavy (non-hydrogen) atoms. The van der Waals surface area contributed by atoms with Gasteiger partial charge in [0.2, 0.25) is 0 Å². The minimum absolute atomic E-state index is 0.242. The van der Waals surface area contributed by atoms with Crippen molar-refractivity contribution in [2.45, 2.75) is 31.7 Å². The predicted octanol–water partition coefficient (Wildman–Crippen LogP) is 3.56. The van der Waals surface area contributed by atoms with Gasteiger partial charge in [-0.05, 0) is 44.0 Å². The Kier molecular flexibility index (Phi) is 5.37. The van der Waals surface area contributed by atoms with Gasteiger partial charge in [0.1, 0.15) is 16.3 Å². The van der Waals surface area contributed by atoms with Crippen molar-refractivity contribution in [3.05, 3.63) is 65.4 Å². The van der Waals surface area contributed by atoms with E-state index in [2.05, 4.69) is 33.0 Å². The van der Waals surface area contributed by atoms with E-state index in [0.29, 0.717) is 18.6 Å². The second-order valence-electron chi connectivity index (χ2n) is 7.07. The molecule has 0 saturated carbocycles. The summed E-state index contributed by atoms with van der Waals surface area (Å²) in [5, 5.41) is 0.870. The number of thioether (sulfide) groups is 1. The van der Waals surface area contributed by atoms with E-state index in [1.165, 1.54) is 11.8 Å². The molecule has 4 aromatic heterocycles. The maximum atomic E-state index is 11.0. The summed E-state index contributed by atoms with van der Waals surface area (Å²) in [5.74, 6) is 0.316. The zero-order valence-electron chi connectivity index (χ0n) is 16.2. The lowest BCUT2D eigenvalue weighted by atomic mass is 10.2. The molecule has 0 fully saturated rings. The average Bonchev–Trinajstić information content (AvgIpc) is 3.21. The second-order valence-corrected chi connectivity index (χ2v) is 9.73. The monoisotopic (exact) mass is 430 g/mol. The molecule has 0 atom stereocenters. The molecule has 4 heterocycles. The van der Waals surface area contributed by atoms with Gasteiger partial charge in [0.05, 0.1) is 11.4 Å². The van der Waals surface area contributed by atoms with Crippen LogP contribution < -0.4 is 0 Å². The number of rotatable bonds is 7. The molecule has 0 aliphatic heterocycles. The summed E-state index contributed by atoms with van der Waals surface area (Å²) in [6.07, 6.45) is 4.97. The Morgan fingerprint density at radius 3 is 2.76 bits per heavy atom. The van der Waals surface area contributed by atoms with Crippen molar-refractivity contribution in [3.8, 4) is 0 Å². The summed E-state index contributed by atoms with van der Waals surface area (Å²) in [7, 11) is -3.94. The molecule has 0 amide bonds. The van der Waals surface area contributed by atoms with Gasteiger partial charge >= 0.3 is 0 Å². The predicted molar refractivity (Wildman–Crippen MR) is 114 cm³/mol. The summed E-state index contributed by atoms with van der Waals surface area (Å²) in [6.45, 7) is 4.10. The Labute approximate surface area is 173 Å². The minimum Gasteiger partial charge on any atom is -0.302 e. The van der Waals surface area contributed by atoms with Crippen molar-refractivity contribution >= 4 is 33.2 Å². The van der Waals surface area contributed by atoms with E-state index in [4.69, 9.17) is 9.54 Å². The van der Waals surface area contributed by atoms with Crippen LogP contribution in [-0.2, 0) is 16.5 Å². The number of aryl methyl sites for hydroxylation is 2. The fourth-order valence-corrected chi connectivity index (χ4v) is 5.11. The molecule has 4 aromatic rings. The van der Waals surface area contributed by atoms with Crippen molar-refractivity contribution in [2.24, 2.45) is 0 Å². The Bertz CT molecular complexity index is 1290. The van der Waals surface area contributed by atoms with Crippen LogP contribution in [0.4, 0.5) is 0 Å². The third-order valence-electron chi connectivity index (χ3n) is 4.76. The zero-order valence-corrected chi connectivity index (χ0v) is 17.9. The van der Waals surface area contributed by atoms with Crippen LogP contribution >= 0.6 is 11.8 Å². The van der Waals surface area contributed by atoms with Crippen molar-refractivity contribution in [1.29, 1.82) is 0 Å². The molecular weight excluding hydrogens is 408 g/mol. The summed E-state index contributed by atoms with van der Waals surface area (Å²) >= 11 is 1.51. The molecular formula is C20H22N4O3S2. The van der Waals surface area contributed by atoms with Gasteiger partial charge in [0.15, 0.2) is 0 Å². The van der Waals surface area contributed by atoms with Gasteiger partial charge in [-0.15, -0.1) is 11.8 Å². The van der Waals surface area contributed by atoms with E-state index < -0.39 is 10.1 Å². The van der Waals surface area contributed by atoms with Crippen LogP contribution in [-0.4, -0.2) is 43.2 Å². The largest absolute Gasteiger partial charge is 0.302 e. The lowest BCUT2D eigenvalue weighted by molar-refractivity contribution is 0.482. The number of hydrogen-bond acceptors (Lipinski definition) is 5. The number of aromatic nitrogens is 4. The Morgan fingerprint density at radius 1 is 1.14 bits per heavy atom. The molecule has 0 saturated heterocycles. The van der Waals surface area contributed by atoms with Gasteiger partial charge in [-0.3, -0.25) is 4.55 Å². The van der Waals surface area contributed by atoms with Crippen LogP contribution in [0.3, 0.4) is 0 Å². The number of hydrogen-bond donors (Lipinski definition) is 1. The summed E-state index contributed by atoms with van der Waals surface area (Å²) in [4.78, 5) is 9.28. The molecule has 7 nitrogen and oxygen atoms in total. The molecule has 0 aromatic carbocycles. The standard InChI is InChI=1S/C20H22N4O3S2/c1-14-7-8-19-22-20(28-9-4-10-29(25,26)27)17(23(19)13-14)11-16-12-21-18-6-3-5-15(2)24(16)18/h3,5-8,12-13H,4,9-11H2,1-2H3,(H,25,26,27). The maximum Gasteiger partial charge on any atom is 0.264 e. The number of nitrogens with zero attached hydrogens (tertiary/aromatic N) is 4. The van der Waals surface area contributed by atoms with Crippen molar-refractivity contribution < 1.29 is 13.0 Å². The maximum absolute atomic E-state index is 11.0. The number of pyridine rings is 2. The van der Waals surface area contributed by atoms with Crippen LogP contribution in [0.2, 0.25) is 0 Å². The van der Waals surface area contributed by atoms with E-state index in [9.17, 15) is 8.42 Å². The molecule has 0 unspecified atom stereocenters. The SMILES string of the molecule is Cc1ccc2nc(SCCCS(=O)(=O)O)c(Cc3cnc4cccc(C)n34)n2c1. The molecule has 0 bridgehead atoms. The topological polar surface area (TPSA) is 89.0 Å². The van der Waals surface area contributed by atoms with E-state index in [0.717, 1.165) is 39.0 Å². The smallest absolute Gasteiger partial charge is 0.264 e. The van der Waals surface area contributed by atoms with E-state index in [1.807, 2.05) is 37.4 Å². The average molecular weight is 431 g/mol. The lowest BCUT2D eigenvalue weighted by Crippen LogP contribution is -2.05. The Balaban J connectivity index is 1.70. The van der Waals surface area contributed by atoms with Crippen molar-refractivity contribution in [2.75, 3.05) is 11.5 Å². The van der Waals surface area contributed by atoms with Crippen molar-refractivity contribution in [1.82, 2.24) is 18.8 Å². The Hall–Kier alpha value is -2.36. The quantitative estimate of drug-likeness (QED) is 0.274. The lowest BCUT2D eigenvalue weighted by Gasteiger charge is -2.08. The number of imidazole rings is 2. The first-order valence-electron chi connectivity index (χ1n) is 9.29. The molecule has 0 aliphatic rings. The first kappa shape index (κ1) is 19.9. The first-order valence-corrected chi connectivity index (χ1v) is 11.9. The van der Waals surface area contributed by atoms with Gasteiger partial charge in [-0.25, -0.2) is 9.97 Å². The highest BCUT2D eigenvalue weighted by atomic mass is 32.2. The van der Waals surface area contributed by atoms with E-state index in [-0.39, 0.29) is 5.75 Å². The molecule has 9 heteroatoms. The number of fused-ring (bicyclic) bond motifs is 2. The van der Waals surface area contributed by atoms with Crippen LogP contribution in [0.5, 0.6) is 0 Å². The summed E-state index contributed by atoms with van der Waals surface area (Å²) in [6, 6.07) is 10.1. The molecule has 152 valence electrons. The van der Waals surface area contributed by atoms with Crippen LogP contribution in [0.25, 0.3) is 11.3 Å². The minimum atomic E-state index is -3.94. The van der Waals surface area contributed by atoms with Crippen LogP contribution in [0, 0.1) is 13.8 Å². The van der Waals surface area contributed by atoms with Gasteiger partial charge in [-0.1, -0.05) is 12.1 Å². The van der Waals surface area contributed by atoms with Gasteiger partial charge in [0.25, 0.3) is 10.1 Å². The molecule has 4 rings (SSSR count). The van der Waals surface area contributed by atoms with E-state index >= 15 is 0 Å². The normalized spacial score (nSPS) is 12.2. The van der Waals surface area contributed by atoms with Gasteiger partial charge < -0.3 is 8.80 Å². The summed E-state index contributed by atoms with van der Waals surface area (Å²) < 4.78 is 35.1.